The fourth-order valence-corrected chi connectivity index (χ4v) is 1.90. The molecule has 0 aliphatic heterocycles. The number of nitrogens with zero attached hydrogens (tertiary/aromatic N) is 2. The second kappa shape index (κ2) is 4.37. The maximum atomic E-state index is 12.0. The molecule has 1 heterocycles. The molecule has 0 amide bonds. The largest absolute Gasteiger partial charge is 0.296 e. The Bertz CT molecular complexity index is 754. The molecule has 0 radical (unpaired) electrons. The first-order chi connectivity index (χ1) is 8.84. The first-order valence-electron chi connectivity index (χ1n) is 5.67. The lowest BCUT2D eigenvalue weighted by molar-refractivity contribution is 1.05. The minimum atomic E-state index is -0.308. The van der Waals surface area contributed by atoms with Gasteiger partial charge in [-0.1, -0.05) is 48.5 Å². The fourth-order valence-electron chi connectivity index (χ4n) is 1.90. The molecule has 0 N–H and O–H groups in total. The van der Waals surface area contributed by atoms with Crippen LogP contribution in [0.5, 0.6) is 0 Å². The van der Waals surface area contributed by atoms with Gasteiger partial charge in [-0.25, -0.2) is 0 Å². The smallest absolute Gasteiger partial charge is 0.265 e. The van der Waals surface area contributed by atoms with Crippen molar-refractivity contribution in [2.45, 2.75) is 0 Å². The standard InChI is InChI=1S/C15H10N2O/c18-15-13(11-6-2-1-3-7-11)10-12-8-4-5-9-14(12)16-17-15/h1-10H. The van der Waals surface area contributed by atoms with Crippen LogP contribution in [0.1, 0.15) is 0 Å². The van der Waals surface area contributed by atoms with Gasteiger partial charge in [-0.3, -0.25) is 4.79 Å². The topological polar surface area (TPSA) is 42.9 Å². The summed E-state index contributed by atoms with van der Waals surface area (Å²) in [7, 11) is 0. The normalized spacial score (nSPS) is 10.4. The monoisotopic (exact) mass is 234 g/mol. The summed E-state index contributed by atoms with van der Waals surface area (Å²) in [6.45, 7) is 0. The van der Waals surface area contributed by atoms with E-state index < -0.39 is 0 Å². The molecular weight excluding hydrogens is 224 g/mol. The SMILES string of the molecule is O=c1nnc2ccccc2cc1-c1ccccc1. The van der Waals surface area contributed by atoms with E-state index in [0.29, 0.717) is 5.56 Å². The maximum Gasteiger partial charge on any atom is 0.296 e. The molecule has 0 fully saturated rings. The van der Waals surface area contributed by atoms with Crippen molar-refractivity contribution in [1.29, 1.82) is 0 Å². The molecule has 0 aliphatic rings. The summed E-state index contributed by atoms with van der Waals surface area (Å²) in [5.74, 6) is 0. The highest BCUT2D eigenvalue weighted by Crippen LogP contribution is 2.17. The van der Waals surface area contributed by atoms with Crippen LogP contribution in [0, 0.1) is 0 Å². The first kappa shape index (κ1) is 10.6. The molecule has 0 aliphatic carbocycles. The molecule has 0 spiro atoms. The summed E-state index contributed by atoms with van der Waals surface area (Å²) < 4.78 is 0. The second-order valence-corrected chi connectivity index (χ2v) is 3.99. The van der Waals surface area contributed by atoms with Crippen molar-refractivity contribution < 1.29 is 0 Å². The summed E-state index contributed by atoms with van der Waals surface area (Å²) in [5.41, 5.74) is 1.84. The third-order valence-electron chi connectivity index (χ3n) is 2.80. The van der Waals surface area contributed by atoms with Gasteiger partial charge < -0.3 is 0 Å². The molecule has 3 aromatic rings. The van der Waals surface area contributed by atoms with E-state index >= 15 is 0 Å². The Morgan fingerprint density at radius 3 is 2.33 bits per heavy atom. The van der Waals surface area contributed by atoms with E-state index in [1.807, 2.05) is 60.7 Å². The molecule has 0 saturated heterocycles. The van der Waals surface area contributed by atoms with Gasteiger partial charge in [0.2, 0.25) is 0 Å². The van der Waals surface area contributed by atoms with E-state index in [1.54, 1.807) is 0 Å². The summed E-state index contributed by atoms with van der Waals surface area (Å²) in [4.78, 5) is 12.0. The van der Waals surface area contributed by atoms with Crippen molar-refractivity contribution in [3.8, 4) is 11.1 Å². The highest BCUT2D eigenvalue weighted by atomic mass is 16.1. The molecule has 0 saturated carbocycles. The van der Waals surface area contributed by atoms with Crippen LogP contribution < -0.4 is 5.56 Å². The minimum absolute atomic E-state index is 0.308. The van der Waals surface area contributed by atoms with E-state index in [4.69, 9.17) is 0 Å². The van der Waals surface area contributed by atoms with Crippen molar-refractivity contribution in [3.05, 3.63) is 71.0 Å². The number of benzene rings is 2. The highest BCUT2D eigenvalue weighted by Gasteiger charge is 2.03. The molecule has 2 aromatic carbocycles. The Hall–Kier alpha value is -2.55. The van der Waals surface area contributed by atoms with Gasteiger partial charge in [-0.05, 0) is 17.7 Å². The van der Waals surface area contributed by atoms with Crippen LogP contribution in [-0.4, -0.2) is 10.2 Å². The average Bonchev–Trinajstić information content (AvgIpc) is 2.60. The number of hydrogen-bond donors (Lipinski definition) is 0. The lowest BCUT2D eigenvalue weighted by Crippen LogP contribution is -2.05. The van der Waals surface area contributed by atoms with Crippen LogP contribution in [0.4, 0.5) is 0 Å². The predicted octanol–water partition coefficient (Wildman–Crippen LogP) is 2.66. The van der Waals surface area contributed by atoms with Gasteiger partial charge in [0, 0.05) is 5.39 Å². The Morgan fingerprint density at radius 2 is 1.50 bits per heavy atom. The molecule has 18 heavy (non-hydrogen) atoms. The van der Waals surface area contributed by atoms with Crippen molar-refractivity contribution in [3.63, 3.8) is 0 Å². The van der Waals surface area contributed by atoms with Gasteiger partial charge in [0.05, 0.1) is 11.1 Å². The third kappa shape index (κ3) is 1.86. The number of rotatable bonds is 1. The van der Waals surface area contributed by atoms with E-state index in [0.717, 1.165) is 16.5 Å². The minimum Gasteiger partial charge on any atom is -0.265 e. The average molecular weight is 234 g/mol. The van der Waals surface area contributed by atoms with Gasteiger partial charge in [0.25, 0.3) is 5.56 Å². The molecule has 86 valence electrons. The van der Waals surface area contributed by atoms with Gasteiger partial charge in [0.1, 0.15) is 0 Å². The molecule has 0 bridgehead atoms. The van der Waals surface area contributed by atoms with Crippen LogP contribution in [0.25, 0.3) is 22.0 Å². The zero-order chi connectivity index (χ0) is 12.4. The Kier molecular flexibility index (Phi) is 2.57. The Morgan fingerprint density at radius 1 is 0.778 bits per heavy atom. The zero-order valence-corrected chi connectivity index (χ0v) is 9.58. The summed E-state index contributed by atoms with van der Waals surface area (Å²) in [6, 6.07) is 18.9. The summed E-state index contributed by atoms with van der Waals surface area (Å²) in [5, 5.41) is 8.62. The van der Waals surface area contributed by atoms with Gasteiger partial charge >= 0.3 is 0 Å². The maximum absolute atomic E-state index is 12.0. The van der Waals surface area contributed by atoms with Crippen LogP contribution in [0.3, 0.4) is 0 Å². The summed E-state index contributed by atoms with van der Waals surface area (Å²) >= 11 is 0. The summed E-state index contributed by atoms with van der Waals surface area (Å²) in [6.07, 6.45) is 0. The van der Waals surface area contributed by atoms with Crippen LogP contribution in [0.2, 0.25) is 0 Å². The van der Waals surface area contributed by atoms with E-state index in [9.17, 15) is 4.79 Å². The fraction of sp³-hybridized carbons (Fsp3) is 0. The molecule has 1 aromatic heterocycles. The molecule has 3 heteroatoms. The molecular formula is C15H10N2O. The van der Waals surface area contributed by atoms with Crippen LogP contribution in [0.15, 0.2) is 65.5 Å². The van der Waals surface area contributed by atoms with Gasteiger partial charge in [-0.2, -0.15) is 0 Å². The van der Waals surface area contributed by atoms with E-state index in [1.165, 1.54) is 0 Å². The van der Waals surface area contributed by atoms with Gasteiger partial charge in [0.15, 0.2) is 0 Å². The predicted molar refractivity (Wildman–Crippen MR) is 71.2 cm³/mol. The zero-order valence-electron chi connectivity index (χ0n) is 9.58. The molecule has 3 rings (SSSR count). The van der Waals surface area contributed by atoms with Crippen LogP contribution >= 0.6 is 0 Å². The number of hydrogen-bond acceptors (Lipinski definition) is 3. The Balaban J connectivity index is 2.37. The van der Waals surface area contributed by atoms with E-state index in [2.05, 4.69) is 10.2 Å². The van der Waals surface area contributed by atoms with Crippen molar-refractivity contribution >= 4 is 10.9 Å². The quantitative estimate of drug-likeness (QED) is 0.650. The number of fused-ring (bicyclic) bond motifs is 1. The Labute approximate surface area is 104 Å². The van der Waals surface area contributed by atoms with Crippen molar-refractivity contribution in [1.82, 2.24) is 10.2 Å². The lowest BCUT2D eigenvalue weighted by atomic mass is 10.1. The van der Waals surface area contributed by atoms with E-state index in [-0.39, 0.29) is 5.56 Å². The highest BCUT2D eigenvalue weighted by molar-refractivity contribution is 5.81. The first-order valence-corrected chi connectivity index (χ1v) is 5.67. The molecule has 0 unspecified atom stereocenters. The van der Waals surface area contributed by atoms with Crippen LogP contribution in [-0.2, 0) is 0 Å². The van der Waals surface area contributed by atoms with Crippen molar-refractivity contribution in [2.75, 3.05) is 0 Å². The second-order valence-electron chi connectivity index (χ2n) is 3.99. The van der Waals surface area contributed by atoms with Gasteiger partial charge in [-0.15, -0.1) is 10.2 Å². The lowest BCUT2D eigenvalue weighted by Gasteiger charge is -1.95. The van der Waals surface area contributed by atoms with Crippen molar-refractivity contribution in [2.24, 2.45) is 0 Å². The third-order valence-corrected chi connectivity index (χ3v) is 2.80. The number of aromatic nitrogens is 2. The molecule has 3 nitrogen and oxygen atoms in total. The molecule has 0 atom stereocenters.